The number of rotatable bonds is 2. The Morgan fingerprint density at radius 1 is 1.10 bits per heavy atom. The summed E-state index contributed by atoms with van der Waals surface area (Å²) in [7, 11) is 1.59. The predicted molar refractivity (Wildman–Crippen MR) is 79.1 cm³/mol. The summed E-state index contributed by atoms with van der Waals surface area (Å²) in [6.07, 6.45) is 0. The highest BCUT2D eigenvalue weighted by Gasteiger charge is 2.06. The molecule has 0 saturated heterocycles. The Bertz CT molecular complexity index is 820. The van der Waals surface area contributed by atoms with Crippen LogP contribution in [-0.2, 0) is 0 Å². The van der Waals surface area contributed by atoms with Crippen LogP contribution < -0.4 is 10.3 Å². The van der Waals surface area contributed by atoms with Gasteiger partial charge in [-0.25, -0.2) is 4.98 Å². The second kappa shape index (κ2) is 4.81. The van der Waals surface area contributed by atoms with Crippen LogP contribution in [-0.4, -0.2) is 17.1 Å². The molecule has 0 saturated carbocycles. The van der Waals surface area contributed by atoms with Crippen LogP contribution >= 0.6 is 0 Å². The largest absolute Gasteiger partial charge is 0.497 e. The number of nitrogens with one attached hydrogen (secondary N) is 1. The van der Waals surface area contributed by atoms with E-state index in [9.17, 15) is 4.79 Å². The van der Waals surface area contributed by atoms with Gasteiger partial charge in [0.2, 0.25) is 0 Å². The second-order valence-corrected chi connectivity index (χ2v) is 4.66. The van der Waals surface area contributed by atoms with Gasteiger partial charge in [0.25, 0.3) is 5.56 Å². The van der Waals surface area contributed by atoms with Crippen LogP contribution in [0.4, 0.5) is 0 Å². The minimum absolute atomic E-state index is 0.145. The number of hydrogen-bond donors (Lipinski definition) is 1. The molecule has 20 heavy (non-hydrogen) atoms. The van der Waals surface area contributed by atoms with E-state index in [0.717, 1.165) is 5.56 Å². The second-order valence-electron chi connectivity index (χ2n) is 4.66. The van der Waals surface area contributed by atoms with Crippen LogP contribution in [0.3, 0.4) is 0 Å². The minimum atomic E-state index is -0.145. The molecule has 0 atom stereocenters. The smallest absolute Gasteiger partial charge is 0.259 e. The SMILES string of the molecule is COc1ccc2c(=O)[nH]c(-c3ccc(C)cc3)nc2c1. The number of H-pyrrole nitrogens is 1. The van der Waals surface area contributed by atoms with Gasteiger partial charge in [-0.2, -0.15) is 0 Å². The lowest BCUT2D eigenvalue weighted by Gasteiger charge is -2.05. The van der Waals surface area contributed by atoms with E-state index in [1.165, 1.54) is 5.56 Å². The molecule has 0 fully saturated rings. The highest BCUT2D eigenvalue weighted by molar-refractivity contribution is 5.80. The highest BCUT2D eigenvalue weighted by Crippen LogP contribution is 2.20. The molecule has 0 aliphatic rings. The molecular formula is C16H14N2O2. The average Bonchev–Trinajstić information content (AvgIpc) is 2.47. The lowest BCUT2D eigenvalue weighted by Crippen LogP contribution is -2.09. The van der Waals surface area contributed by atoms with Crippen LogP contribution in [0.2, 0.25) is 0 Å². The van der Waals surface area contributed by atoms with Gasteiger partial charge >= 0.3 is 0 Å². The van der Waals surface area contributed by atoms with E-state index < -0.39 is 0 Å². The number of methoxy groups -OCH3 is 1. The number of benzene rings is 2. The zero-order chi connectivity index (χ0) is 14.1. The molecule has 0 aliphatic heterocycles. The van der Waals surface area contributed by atoms with E-state index in [1.54, 1.807) is 25.3 Å². The van der Waals surface area contributed by atoms with Crippen molar-refractivity contribution >= 4 is 10.9 Å². The lowest BCUT2D eigenvalue weighted by molar-refractivity contribution is 0.415. The number of hydrogen-bond acceptors (Lipinski definition) is 3. The molecule has 3 rings (SSSR count). The van der Waals surface area contributed by atoms with Gasteiger partial charge in [0.15, 0.2) is 0 Å². The monoisotopic (exact) mass is 266 g/mol. The standard InChI is InChI=1S/C16H14N2O2/c1-10-3-5-11(6-4-10)15-17-14-9-12(20-2)7-8-13(14)16(19)18-15/h3-9H,1-2H3,(H,17,18,19). The third kappa shape index (κ3) is 2.16. The Balaban J connectivity index is 2.22. The molecule has 0 bridgehead atoms. The third-order valence-corrected chi connectivity index (χ3v) is 3.24. The Morgan fingerprint density at radius 3 is 2.55 bits per heavy atom. The Kier molecular flexibility index (Phi) is 2.99. The summed E-state index contributed by atoms with van der Waals surface area (Å²) in [5.41, 5.74) is 2.54. The maximum atomic E-state index is 12.1. The average molecular weight is 266 g/mol. The molecule has 0 unspecified atom stereocenters. The molecule has 0 radical (unpaired) electrons. The third-order valence-electron chi connectivity index (χ3n) is 3.24. The molecule has 2 aromatic carbocycles. The van der Waals surface area contributed by atoms with Crippen LogP contribution in [0.1, 0.15) is 5.56 Å². The first kappa shape index (κ1) is 12.4. The van der Waals surface area contributed by atoms with E-state index >= 15 is 0 Å². The molecule has 3 aromatic rings. The summed E-state index contributed by atoms with van der Waals surface area (Å²) >= 11 is 0. The van der Waals surface area contributed by atoms with Crippen molar-refractivity contribution in [1.82, 2.24) is 9.97 Å². The minimum Gasteiger partial charge on any atom is -0.497 e. The van der Waals surface area contributed by atoms with Crippen molar-refractivity contribution in [2.45, 2.75) is 6.92 Å². The fourth-order valence-corrected chi connectivity index (χ4v) is 2.09. The normalized spacial score (nSPS) is 10.7. The van der Waals surface area contributed by atoms with Gasteiger partial charge < -0.3 is 9.72 Å². The van der Waals surface area contributed by atoms with Crippen molar-refractivity contribution < 1.29 is 4.74 Å². The predicted octanol–water partition coefficient (Wildman–Crippen LogP) is 2.91. The van der Waals surface area contributed by atoms with Gasteiger partial charge in [-0.05, 0) is 19.1 Å². The molecule has 0 spiro atoms. The maximum Gasteiger partial charge on any atom is 0.259 e. The molecule has 0 aliphatic carbocycles. The van der Waals surface area contributed by atoms with Crippen molar-refractivity contribution in [1.29, 1.82) is 0 Å². The first-order valence-electron chi connectivity index (χ1n) is 6.32. The van der Waals surface area contributed by atoms with Gasteiger partial charge in [0.1, 0.15) is 11.6 Å². The topological polar surface area (TPSA) is 55.0 Å². The Labute approximate surface area is 116 Å². The first-order valence-corrected chi connectivity index (χ1v) is 6.32. The summed E-state index contributed by atoms with van der Waals surface area (Å²) in [6, 6.07) is 13.1. The Morgan fingerprint density at radius 2 is 1.85 bits per heavy atom. The van der Waals surface area contributed by atoms with Crippen LogP contribution in [0.25, 0.3) is 22.3 Å². The maximum absolute atomic E-state index is 12.1. The van der Waals surface area contributed by atoms with E-state index in [4.69, 9.17) is 4.74 Å². The van der Waals surface area contributed by atoms with Crippen LogP contribution in [0, 0.1) is 6.92 Å². The van der Waals surface area contributed by atoms with E-state index in [2.05, 4.69) is 9.97 Å². The number of aryl methyl sites for hydroxylation is 1. The molecule has 1 N–H and O–H groups in total. The van der Waals surface area contributed by atoms with Crippen molar-refractivity contribution in [3.63, 3.8) is 0 Å². The van der Waals surface area contributed by atoms with Crippen molar-refractivity contribution in [2.24, 2.45) is 0 Å². The van der Waals surface area contributed by atoms with E-state index in [-0.39, 0.29) is 5.56 Å². The van der Waals surface area contributed by atoms with E-state index in [0.29, 0.717) is 22.5 Å². The summed E-state index contributed by atoms with van der Waals surface area (Å²) in [5, 5.41) is 0.557. The van der Waals surface area contributed by atoms with Crippen molar-refractivity contribution in [2.75, 3.05) is 7.11 Å². The van der Waals surface area contributed by atoms with Crippen LogP contribution in [0.15, 0.2) is 47.3 Å². The zero-order valence-corrected chi connectivity index (χ0v) is 11.3. The summed E-state index contributed by atoms with van der Waals surface area (Å²) in [5.74, 6) is 1.25. The molecule has 0 amide bonds. The van der Waals surface area contributed by atoms with Crippen molar-refractivity contribution in [3.05, 3.63) is 58.4 Å². The molecule has 1 aromatic heterocycles. The zero-order valence-electron chi connectivity index (χ0n) is 11.3. The van der Waals surface area contributed by atoms with Gasteiger partial charge in [-0.3, -0.25) is 4.79 Å². The first-order chi connectivity index (χ1) is 9.67. The van der Waals surface area contributed by atoms with E-state index in [1.807, 2.05) is 31.2 Å². The molecular weight excluding hydrogens is 252 g/mol. The fraction of sp³-hybridized carbons (Fsp3) is 0.125. The number of fused-ring (bicyclic) bond motifs is 1. The number of aromatic nitrogens is 2. The summed E-state index contributed by atoms with van der Waals surface area (Å²) in [6.45, 7) is 2.02. The lowest BCUT2D eigenvalue weighted by atomic mass is 10.1. The molecule has 4 nitrogen and oxygen atoms in total. The molecule has 4 heteroatoms. The summed E-state index contributed by atoms with van der Waals surface area (Å²) < 4.78 is 5.17. The quantitative estimate of drug-likeness (QED) is 0.776. The Hall–Kier alpha value is -2.62. The molecule has 1 heterocycles. The van der Waals surface area contributed by atoms with Gasteiger partial charge in [-0.1, -0.05) is 29.8 Å². The fourth-order valence-electron chi connectivity index (χ4n) is 2.09. The van der Waals surface area contributed by atoms with Gasteiger partial charge in [0, 0.05) is 11.6 Å². The molecule has 100 valence electrons. The van der Waals surface area contributed by atoms with Crippen LogP contribution in [0.5, 0.6) is 5.75 Å². The van der Waals surface area contributed by atoms with Crippen molar-refractivity contribution in [3.8, 4) is 17.1 Å². The van der Waals surface area contributed by atoms with Gasteiger partial charge in [-0.15, -0.1) is 0 Å². The highest BCUT2D eigenvalue weighted by atomic mass is 16.5. The number of aromatic amines is 1. The number of nitrogens with zero attached hydrogens (tertiary/aromatic N) is 1. The number of ether oxygens (including phenoxy) is 1. The van der Waals surface area contributed by atoms with Gasteiger partial charge in [0.05, 0.1) is 18.0 Å². The summed E-state index contributed by atoms with van der Waals surface area (Å²) in [4.78, 5) is 19.4.